The van der Waals surface area contributed by atoms with Crippen LogP contribution in [-0.2, 0) is 17.9 Å². The van der Waals surface area contributed by atoms with Crippen LogP contribution in [0.25, 0.3) is 10.9 Å². The van der Waals surface area contributed by atoms with E-state index in [0.29, 0.717) is 47.5 Å². The maximum absolute atomic E-state index is 12.4. The van der Waals surface area contributed by atoms with Crippen molar-refractivity contribution in [1.82, 2.24) is 4.57 Å². The number of carbonyl (C=O) groups is 1. The van der Waals surface area contributed by atoms with Crippen LogP contribution in [0.15, 0.2) is 42.5 Å². The van der Waals surface area contributed by atoms with Crippen molar-refractivity contribution in [2.45, 2.75) is 32.9 Å². The van der Waals surface area contributed by atoms with Gasteiger partial charge in [-0.25, -0.2) is 4.79 Å². The predicted octanol–water partition coefficient (Wildman–Crippen LogP) is 6.01. The van der Waals surface area contributed by atoms with E-state index < -0.39 is 0 Å². The fourth-order valence-electron chi connectivity index (χ4n) is 3.10. The molecule has 1 heterocycles. The number of halogens is 2. The molecule has 3 aromatic rings. The summed E-state index contributed by atoms with van der Waals surface area (Å²) in [6.45, 7) is 2.86. The maximum Gasteiger partial charge on any atom is 0.354 e. The van der Waals surface area contributed by atoms with Gasteiger partial charge < -0.3 is 14.0 Å². The molecule has 0 aliphatic rings. The number of benzene rings is 2. The molecule has 0 saturated carbocycles. The Morgan fingerprint density at radius 1 is 1.17 bits per heavy atom. The molecule has 0 amide bonds. The number of esters is 1. The Morgan fingerprint density at radius 3 is 2.62 bits per heavy atom. The molecule has 0 aliphatic heterocycles. The highest BCUT2D eigenvalue weighted by atomic mass is 35.5. The van der Waals surface area contributed by atoms with Crippen molar-refractivity contribution < 1.29 is 14.3 Å². The Hall–Kier alpha value is -2.68. The van der Waals surface area contributed by atoms with Gasteiger partial charge in [0.15, 0.2) is 0 Å². The number of aryl methyl sites for hydroxylation is 1. The number of carbonyl (C=O) groups excluding carboxylic acids is 1. The summed E-state index contributed by atoms with van der Waals surface area (Å²) in [5, 5.41) is 10.8. The van der Waals surface area contributed by atoms with Crippen LogP contribution in [0.2, 0.25) is 10.0 Å². The molecule has 7 heteroatoms. The Bertz CT molecular complexity index is 1050. The Kier molecular flexibility index (Phi) is 7.03. The number of rotatable bonds is 8. The highest BCUT2D eigenvalue weighted by molar-refractivity contribution is 6.35. The summed E-state index contributed by atoms with van der Waals surface area (Å²) < 4.78 is 12.9. The molecule has 3 rings (SSSR count). The molecule has 150 valence electrons. The number of unbranched alkanes of at least 4 members (excludes halogenated alkanes) is 1. The third kappa shape index (κ3) is 4.84. The number of nitrogens with zero attached hydrogens (tertiary/aromatic N) is 2. The smallest absolute Gasteiger partial charge is 0.354 e. The summed E-state index contributed by atoms with van der Waals surface area (Å²) >= 11 is 12.4. The molecule has 29 heavy (non-hydrogen) atoms. The van der Waals surface area contributed by atoms with E-state index in [-0.39, 0.29) is 12.6 Å². The van der Waals surface area contributed by atoms with Gasteiger partial charge >= 0.3 is 5.97 Å². The highest BCUT2D eigenvalue weighted by Gasteiger charge is 2.17. The molecule has 2 aromatic carbocycles. The number of nitriles is 1. The average Bonchev–Trinajstić information content (AvgIpc) is 3.06. The number of hydrogen-bond donors (Lipinski definition) is 0. The Morgan fingerprint density at radius 2 is 1.93 bits per heavy atom. The zero-order chi connectivity index (χ0) is 20.8. The molecule has 0 fully saturated rings. The van der Waals surface area contributed by atoms with E-state index in [0.717, 1.165) is 16.5 Å². The van der Waals surface area contributed by atoms with Crippen LogP contribution in [0.1, 0.15) is 35.8 Å². The van der Waals surface area contributed by atoms with Gasteiger partial charge in [0.25, 0.3) is 0 Å². The zero-order valence-electron chi connectivity index (χ0n) is 16.0. The molecular formula is C22H20Cl2N2O3. The van der Waals surface area contributed by atoms with E-state index in [1.54, 1.807) is 31.2 Å². The molecule has 0 unspecified atom stereocenters. The van der Waals surface area contributed by atoms with Gasteiger partial charge in [0.05, 0.1) is 12.7 Å². The lowest BCUT2D eigenvalue weighted by Crippen LogP contribution is -2.12. The standard InChI is InChI=1S/C22H20Cl2N2O3/c1-2-28-22(27)21-13-15-12-16(8-9-20(15)26(21)11-4-3-10-25)29-14-17-18(23)6-5-7-19(17)24/h5-9,12-13H,2-4,11,14H2,1H3. The molecule has 0 N–H and O–H groups in total. The number of hydrogen-bond acceptors (Lipinski definition) is 4. The predicted molar refractivity (Wildman–Crippen MR) is 114 cm³/mol. The highest BCUT2D eigenvalue weighted by Crippen LogP contribution is 2.29. The molecule has 5 nitrogen and oxygen atoms in total. The normalized spacial score (nSPS) is 10.7. The summed E-state index contributed by atoms with van der Waals surface area (Å²) in [5.41, 5.74) is 2.07. The molecule has 0 atom stereocenters. The van der Waals surface area contributed by atoms with Crippen molar-refractivity contribution in [3.8, 4) is 11.8 Å². The second-order valence-corrected chi connectivity index (χ2v) is 7.19. The van der Waals surface area contributed by atoms with Crippen LogP contribution in [-0.4, -0.2) is 17.1 Å². The first-order chi connectivity index (χ1) is 14.0. The van der Waals surface area contributed by atoms with E-state index in [2.05, 4.69) is 6.07 Å². The fourth-order valence-corrected chi connectivity index (χ4v) is 3.60. The summed E-state index contributed by atoms with van der Waals surface area (Å²) in [6.07, 6.45) is 1.07. The van der Waals surface area contributed by atoms with E-state index >= 15 is 0 Å². The summed E-state index contributed by atoms with van der Waals surface area (Å²) in [6, 6.07) is 14.8. The topological polar surface area (TPSA) is 64.2 Å². The SMILES string of the molecule is CCOC(=O)c1cc2cc(OCc3c(Cl)cccc3Cl)ccc2n1CCCC#N. The van der Waals surface area contributed by atoms with Crippen LogP contribution in [0.4, 0.5) is 0 Å². The number of aromatic nitrogens is 1. The zero-order valence-corrected chi connectivity index (χ0v) is 17.5. The molecule has 0 bridgehead atoms. The van der Waals surface area contributed by atoms with Crippen LogP contribution >= 0.6 is 23.2 Å². The van der Waals surface area contributed by atoms with Crippen molar-refractivity contribution in [2.75, 3.05) is 6.61 Å². The minimum absolute atomic E-state index is 0.234. The third-order valence-electron chi connectivity index (χ3n) is 4.47. The van der Waals surface area contributed by atoms with Gasteiger partial charge in [0.2, 0.25) is 0 Å². The van der Waals surface area contributed by atoms with Gasteiger partial charge in [-0.05, 0) is 49.7 Å². The molecule has 0 saturated heterocycles. The van der Waals surface area contributed by atoms with E-state index in [9.17, 15) is 4.79 Å². The number of fused-ring (bicyclic) bond motifs is 1. The monoisotopic (exact) mass is 430 g/mol. The summed E-state index contributed by atoms with van der Waals surface area (Å²) in [4.78, 5) is 12.4. The van der Waals surface area contributed by atoms with Crippen molar-refractivity contribution >= 4 is 40.1 Å². The van der Waals surface area contributed by atoms with Crippen LogP contribution in [0.3, 0.4) is 0 Å². The van der Waals surface area contributed by atoms with Crippen molar-refractivity contribution in [2.24, 2.45) is 0 Å². The first-order valence-electron chi connectivity index (χ1n) is 9.28. The summed E-state index contributed by atoms with van der Waals surface area (Å²) in [5.74, 6) is 0.254. The lowest BCUT2D eigenvalue weighted by Gasteiger charge is -2.11. The van der Waals surface area contributed by atoms with Gasteiger partial charge in [-0.2, -0.15) is 5.26 Å². The number of ether oxygens (including phenoxy) is 2. The van der Waals surface area contributed by atoms with Gasteiger partial charge in [-0.15, -0.1) is 0 Å². The molecule has 1 aromatic heterocycles. The van der Waals surface area contributed by atoms with Gasteiger partial charge in [0.1, 0.15) is 18.1 Å². The van der Waals surface area contributed by atoms with E-state index in [4.69, 9.17) is 37.9 Å². The van der Waals surface area contributed by atoms with Crippen molar-refractivity contribution in [3.63, 3.8) is 0 Å². The van der Waals surface area contributed by atoms with Crippen molar-refractivity contribution in [1.29, 1.82) is 5.26 Å². The first-order valence-corrected chi connectivity index (χ1v) is 10.0. The lowest BCUT2D eigenvalue weighted by atomic mass is 10.2. The summed E-state index contributed by atoms with van der Waals surface area (Å²) in [7, 11) is 0. The molecule has 0 spiro atoms. The Balaban J connectivity index is 1.88. The fraction of sp³-hybridized carbons (Fsp3) is 0.273. The molecular weight excluding hydrogens is 411 g/mol. The van der Waals surface area contributed by atoms with E-state index in [1.165, 1.54) is 0 Å². The lowest BCUT2D eigenvalue weighted by molar-refractivity contribution is 0.0514. The van der Waals surface area contributed by atoms with Gasteiger partial charge in [-0.3, -0.25) is 0 Å². The van der Waals surface area contributed by atoms with E-state index in [1.807, 2.05) is 22.8 Å². The maximum atomic E-state index is 12.4. The van der Waals surface area contributed by atoms with Crippen LogP contribution in [0, 0.1) is 11.3 Å². The minimum Gasteiger partial charge on any atom is -0.489 e. The van der Waals surface area contributed by atoms with Crippen molar-refractivity contribution in [3.05, 3.63) is 63.8 Å². The second-order valence-electron chi connectivity index (χ2n) is 6.37. The minimum atomic E-state index is -0.383. The second kappa shape index (κ2) is 9.69. The average molecular weight is 431 g/mol. The van der Waals surface area contributed by atoms with Crippen LogP contribution in [0.5, 0.6) is 5.75 Å². The first kappa shape index (κ1) is 21.0. The largest absolute Gasteiger partial charge is 0.489 e. The third-order valence-corrected chi connectivity index (χ3v) is 5.18. The Labute approximate surface area is 179 Å². The molecule has 0 radical (unpaired) electrons. The quantitative estimate of drug-likeness (QED) is 0.324. The van der Waals surface area contributed by atoms with Crippen LogP contribution < -0.4 is 4.74 Å². The van der Waals surface area contributed by atoms with Gasteiger partial charge in [0, 0.05) is 39.5 Å². The molecule has 0 aliphatic carbocycles. The van der Waals surface area contributed by atoms with Gasteiger partial charge in [-0.1, -0.05) is 29.3 Å².